The van der Waals surface area contributed by atoms with Crippen molar-refractivity contribution in [3.63, 3.8) is 0 Å². The Morgan fingerprint density at radius 1 is 1.28 bits per heavy atom. The van der Waals surface area contributed by atoms with Crippen molar-refractivity contribution in [2.75, 3.05) is 20.3 Å². The van der Waals surface area contributed by atoms with E-state index in [1.807, 2.05) is 0 Å². The largest absolute Gasteiger partial charge is 0.433 e. The molecule has 2 aliphatic rings. The van der Waals surface area contributed by atoms with Crippen LogP contribution >= 0.6 is 0 Å². The van der Waals surface area contributed by atoms with Crippen molar-refractivity contribution in [2.24, 2.45) is 16.6 Å². The fourth-order valence-corrected chi connectivity index (χ4v) is 3.65. The van der Waals surface area contributed by atoms with Crippen molar-refractivity contribution >= 4 is 11.9 Å². The summed E-state index contributed by atoms with van der Waals surface area (Å²) in [5.74, 6) is -4.96. The van der Waals surface area contributed by atoms with Gasteiger partial charge in [0, 0.05) is 31.5 Å². The van der Waals surface area contributed by atoms with Crippen molar-refractivity contribution in [1.29, 1.82) is 0 Å². The normalized spacial score (nSPS) is 24.1. The van der Waals surface area contributed by atoms with Crippen LogP contribution in [0.1, 0.15) is 12.0 Å². The van der Waals surface area contributed by atoms with E-state index in [-0.39, 0.29) is 37.1 Å². The lowest BCUT2D eigenvalue weighted by atomic mass is 9.74. The molecular weight excluding hydrogens is 389 g/mol. The van der Waals surface area contributed by atoms with Gasteiger partial charge in [0.1, 0.15) is 11.4 Å². The first-order valence-corrected chi connectivity index (χ1v) is 8.82. The number of rotatable bonds is 3. The second-order valence-corrected chi connectivity index (χ2v) is 6.84. The average molecular weight is 406 g/mol. The summed E-state index contributed by atoms with van der Waals surface area (Å²) in [4.78, 5) is 22.0. The van der Waals surface area contributed by atoms with Crippen LogP contribution < -0.4 is 10.5 Å². The number of nitrogens with zero attached hydrogens (tertiary/aromatic N) is 3. The molecule has 0 saturated carbocycles. The van der Waals surface area contributed by atoms with Crippen molar-refractivity contribution in [3.05, 3.63) is 53.5 Å². The molecule has 1 fully saturated rings. The van der Waals surface area contributed by atoms with Crippen LogP contribution in [0, 0.1) is 23.4 Å². The van der Waals surface area contributed by atoms with E-state index in [4.69, 9.17) is 15.2 Å². The molecule has 0 bridgehead atoms. The molecule has 1 aromatic carbocycles. The van der Waals surface area contributed by atoms with Gasteiger partial charge < -0.3 is 15.2 Å². The van der Waals surface area contributed by atoms with Gasteiger partial charge in [0.25, 0.3) is 5.88 Å². The Morgan fingerprint density at radius 2 is 2.07 bits per heavy atom. The van der Waals surface area contributed by atoms with E-state index >= 15 is 0 Å². The fraction of sp³-hybridized carbons (Fsp3) is 0.316. The number of pyridine rings is 1. The zero-order chi connectivity index (χ0) is 20.8. The minimum Gasteiger partial charge on any atom is -0.433 e. The Balaban J connectivity index is 1.85. The maximum Gasteiger partial charge on any atom is 0.255 e. The third-order valence-corrected chi connectivity index (χ3v) is 5.16. The summed E-state index contributed by atoms with van der Waals surface area (Å²) >= 11 is 0. The van der Waals surface area contributed by atoms with Gasteiger partial charge in [-0.15, -0.1) is 0 Å². The Morgan fingerprint density at radius 3 is 2.83 bits per heavy atom. The first-order valence-electron chi connectivity index (χ1n) is 8.82. The van der Waals surface area contributed by atoms with E-state index < -0.39 is 40.5 Å². The standard InChI is InChI=1S/C19H17F3N4O3/c1-26-17(27)10-4-6-28-9-19(10,25-18(26)23)11-7-15(14(22)8-13(11)21)29-16-12(20)3-2-5-24-16/h2-3,5,7-8,10H,4,6,9H2,1H3,(H2,23,25). The number of carbonyl (C=O) groups excluding carboxylic acids is 1. The van der Waals surface area contributed by atoms with Crippen LogP contribution in [0.3, 0.4) is 0 Å². The van der Waals surface area contributed by atoms with Gasteiger partial charge in [0.05, 0.1) is 12.5 Å². The summed E-state index contributed by atoms with van der Waals surface area (Å²) < 4.78 is 53.8. The Kier molecular flexibility index (Phi) is 4.65. The molecule has 2 aromatic rings. The highest BCUT2D eigenvalue weighted by Gasteiger charge is 2.53. The number of guanidine groups is 1. The maximum absolute atomic E-state index is 14.9. The number of benzene rings is 1. The summed E-state index contributed by atoms with van der Waals surface area (Å²) in [6.07, 6.45) is 1.55. The molecule has 2 N–H and O–H groups in total. The Hall–Kier alpha value is -3.14. The van der Waals surface area contributed by atoms with Gasteiger partial charge in [-0.25, -0.2) is 23.1 Å². The number of fused-ring (bicyclic) bond motifs is 1. The van der Waals surface area contributed by atoms with E-state index in [1.165, 1.54) is 24.2 Å². The van der Waals surface area contributed by atoms with Crippen LogP contribution in [-0.2, 0) is 15.1 Å². The van der Waals surface area contributed by atoms with E-state index in [0.29, 0.717) is 6.07 Å². The van der Waals surface area contributed by atoms with Crippen molar-refractivity contribution in [3.8, 4) is 11.6 Å². The van der Waals surface area contributed by atoms with E-state index in [2.05, 4.69) is 9.98 Å². The molecule has 7 nitrogen and oxygen atoms in total. The number of amides is 1. The lowest BCUT2D eigenvalue weighted by Crippen LogP contribution is -2.58. The SMILES string of the molecule is CN1C(=O)C2CCOCC2(c2cc(Oc3ncccc3F)c(F)cc2F)N=C1N. The third-order valence-electron chi connectivity index (χ3n) is 5.16. The van der Waals surface area contributed by atoms with Gasteiger partial charge in [0.15, 0.2) is 23.3 Å². The minimum absolute atomic E-state index is 0.112. The molecule has 0 aliphatic carbocycles. The van der Waals surface area contributed by atoms with E-state index in [1.54, 1.807) is 0 Å². The van der Waals surface area contributed by atoms with Gasteiger partial charge in [-0.05, 0) is 24.6 Å². The van der Waals surface area contributed by atoms with Crippen molar-refractivity contribution in [2.45, 2.75) is 12.0 Å². The number of halogens is 3. The fourth-order valence-electron chi connectivity index (χ4n) is 3.65. The molecule has 0 radical (unpaired) electrons. The second-order valence-electron chi connectivity index (χ2n) is 6.84. The quantitative estimate of drug-likeness (QED) is 0.845. The van der Waals surface area contributed by atoms with E-state index in [9.17, 15) is 18.0 Å². The molecule has 3 heterocycles. The number of nitrogens with two attached hydrogens (primary N) is 1. The summed E-state index contributed by atoms with van der Waals surface area (Å²) in [5.41, 5.74) is 4.26. The van der Waals surface area contributed by atoms with Crippen LogP contribution in [-0.4, -0.2) is 42.0 Å². The summed E-state index contributed by atoms with van der Waals surface area (Å²) in [5, 5.41) is 0. The summed E-state index contributed by atoms with van der Waals surface area (Å²) in [6, 6.07) is 4.09. The van der Waals surface area contributed by atoms with Crippen LogP contribution in [0.25, 0.3) is 0 Å². The highest BCUT2D eigenvalue weighted by atomic mass is 19.1. The molecule has 0 spiro atoms. The van der Waals surface area contributed by atoms with Crippen LogP contribution in [0.4, 0.5) is 13.2 Å². The molecule has 1 amide bonds. The molecule has 1 aromatic heterocycles. The molecular formula is C19H17F3N4O3. The molecule has 2 atom stereocenters. The van der Waals surface area contributed by atoms with Crippen LogP contribution in [0.2, 0.25) is 0 Å². The predicted octanol–water partition coefficient (Wildman–Crippen LogP) is 2.31. The van der Waals surface area contributed by atoms with E-state index in [0.717, 1.165) is 12.1 Å². The maximum atomic E-state index is 14.9. The van der Waals surface area contributed by atoms with Gasteiger partial charge in [0.2, 0.25) is 5.91 Å². The first-order chi connectivity index (χ1) is 13.8. The lowest BCUT2D eigenvalue weighted by molar-refractivity contribution is -0.140. The van der Waals surface area contributed by atoms with Crippen LogP contribution in [0.5, 0.6) is 11.6 Å². The zero-order valence-corrected chi connectivity index (χ0v) is 15.4. The second kappa shape index (κ2) is 7.03. The topological polar surface area (TPSA) is 90.0 Å². The molecule has 152 valence electrons. The monoisotopic (exact) mass is 406 g/mol. The predicted molar refractivity (Wildman–Crippen MR) is 95.6 cm³/mol. The molecule has 2 aliphatic heterocycles. The Labute approximate surface area is 163 Å². The third kappa shape index (κ3) is 3.09. The highest BCUT2D eigenvalue weighted by Crippen LogP contribution is 2.45. The smallest absolute Gasteiger partial charge is 0.255 e. The number of carbonyl (C=O) groups is 1. The van der Waals surface area contributed by atoms with Gasteiger partial charge in [-0.3, -0.25) is 9.69 Å². The minimum atomic E-state index is -1.48. The van der Waals surface area contributed by atoms with Crippen LogP contribution in [0.15, 0.2) is 35.5 Å². The first kappa shape index (κ1) is 19.2. The number of aromatic nitrogens is 1. The van der Waals surface area contributed by atoms with Crippen molar-refractivity contribution in [1.82, 2.24) is 9.88 Å². The number of aliphatic imine (C=N–C) groups is 1. The van der Waals surface area contributed by atoms with Gasteiger partial charge >= 0.3 is 0 Å². The lowest BCUT2D eigenvalue weighted by Gasteiger charge is -2.45. The number of hydrogen-bond donors (Lipinski definition) is 1. The van der Waals surface area contributed by atoms with Crippen molar-refractivity contribution < 1.29 is 27.4 Å². The zero-order valence-electron chi connectivity index (χ0n) is 15.4. The van der Waals surface area contributed by atoms with Gasteiger partial charge in [-0.1, -0.05) is 0 Å². The average Bonchev–Trinajstić information content (AvgIpc) is 2.69. The molecule has 2 unspecified atom stereocenters. The Bertz CT molecular complexity index is 1020. The molecule has 29 heavy (non-hydrogen) atoms. The summed E-state index contributed by atoms with van der Waals surface area (Å²) in [7, 11) is 1.47. The molecule has 1 saturated heterocycles. The molecule has 10 heteroatoms. The molecule has 4 rings (SSSR count). The van der Waals surface area contributed by atoms with Gasteiger partial charge in [-0.2, -0.15) is 0 Å². The number of hydrogen-bond acceptors (Lipinski definition) is 6. The summed E-state index contributed by atoms with van der Waals surface area (Å²) in [6.45, 7) is 0.157. The number of ether oxygens (including phenoxy) is 2. The highest BCUT2D eigenvalue weighted by molar-refractivity contribution is 6.00.